The molecule has 0 aliphatic carbocycles. The summed E-state index contributed by atoms with van der Waals surface area (Å²) in [5, 5.41) is 6.20. The first-order chi connectivity index (χ1) is 9.60. The summed E-state index contributed by atoms with van der Waals surface area (Å²) in [5.41, 5.74) is 2.83. The van der Waals surface area contributed by atoms with Gasteiger partial charge in [-0.3, -0.25) is 4.79 Å². The van der Waals surface area contributed by atoms with Crippen molar-refractivity contribution in [1.29, 1.82) is 0 Å². The van der Waals surface area contributed by atoms with Gasteiger partial charge < -0.3 is 10.6 Å². The molecule has 0 aliphatic heterocycles. The molecule has 0 spiro atoms. The Hall–Kier alpha value is -1.33. The number of carbonyl (C=O) groups is 1. The van der Waals surface area contributed by atoms with Gasteiger partial charge in [0.25, 0.3) is 5.91 Å². The van der Waals surface area contributed by atoms with Gasteiger partial charge in [-0.25, -0.2) is 0 Å². The summed E-state index contributed by atoms with van der Waals surface area (Å²) in [6.07, 6.45) is 0. The van der Waals surface area contributed by atoms with Gasteiger partial charge in [0.2, 0.25) is 0 Å². The molecular formula is C15H17BrN2OS. The van der Waals surface area contributed by atoms with Crippen molar-refractivity contribution >= 4 is 38.9 Å². The van der Waals surface area contributed by atoms with Gasteiger partial charge >= 0.3 is 0 Å². The largest absolute Gasteiger partial charge is 0.380 e. The predicted molar refractivity (Wildman–Crippen MR) is 88.5 cm³/mol. The zero-order valence-electron chi connectivity index (χ0n) is 11.5. The zero-order chi connectivity index (χ0) is 14.5. The number of thiophene rings is 1. The van der Waals surface area contributed by atoms with E-state index >= 15 is 0 Å². The van der Waals surface area contributed by atoms with Crippen LogP contribution in [0.5, 0.6) is 0 Å². The minimum atomic E-state index is -0.0238. The Labute approximate surface area is 131 Å². The molecule has 1 amide bonds. The van der Waals surface area contributed by atoms with E-state index in [0.29, 0.717) is 12.1 Å². The molecule has 2 N–H and O–H groups in total. The number of benzene rings is 1. The Morgan fingerprint density at radius 2 is 2.10 bits per heavy atom. The number of aryl methyl sites for hydroxylation is 1. The normalized spacial score (nSPS) is 10.3. The number of hydrogen-bond acceptors (Lipinski definition) is 3. The van der Waals surface area contributed by atoms with E-state index in [1.807, 2.05) is 38.1 Å². The Bertz CT molecular complexity index is 610. The third-order valence-electron chi connectivity index (χ3n) is 2.91. The van der Waals surface area contributed by atoms with E-state index in [0.717, 1.165) is 21.6 Å². The van der Waals surface area contributed by atoms with Crippen molar-refractivity contribution in [1.82, 2.24) is 5.32 Å². The number of nitrogens with one attached hydrogen (secondary N) is 2. The van der Waals surface area contributed by atoms with Crippen molar-refractivity contribution in [2.24, 2.45) is 0 Å². The number of hydrogen-bond donors (Lipinski definition) is 2. The van der Waals surface area contributed by atoms with Gasteiger partial charge in [0.15, 0.2) is 0 Å². The number of rotatable bonds is 5. The third-order valence-corrected chi connectivity index (χ3v) is 4.53. The fourth-order valence-electron chi connectivity index (χ4n) is 1.89. The lowest BCUT2D eigenvalue weighted by molar-refractivity contribution is 0.0956. The fraction of sp³-hybridized carbons (Fsp3) is 0.267. The van der Waals surface area contributed by atoms with Crippen LogP contribution in [0.3, 0.4) is 0 Å². The highest BCUT2D eigenvalue weighted by Crippen LogP contribution is 2.24. The monoisotopic (exact) mass is 352 g/mol. The first-order valence-corrected chi connectivity index (χ1v) is 8.08. The van der Waals surface area contributed by atoms with Crippen LogP contribution in [0.1, 0.15) is 27.7 Å². The van der Waals surface area contributed by atoms with Crippen LogP contribution < -0.4 is 10.6 Å². The standard InChI is InChI=1S/C15H17BrN2OS/c1-3-17-15(19)11-4-6-13(10(2)8-11)18-9-12-5-7-14(16)20-12/h4-8,18H,3,9H2,1-2H3,(H,17,19). The van der Waals surface area contributed by atoms with E-state index in [1.165, 1.54) is 4.88 Å². The molecule has 20 heavy (non-hydrogen) atoms. The number of amides is 1. The van der Waals surface area contributed by atoms with Crippen molar-refractivity contribution in [3.8, 4) is 0 Å². The second kappa shape index (κ2) is 6.90. The van der Waals surface area contributed by atoms with Crippen LogP contribution in [-0.2, 0) is 6.54 Å². The maximum atomic E-state index is 11.8. The van der Waals surface area contributed by atoms with E-state index in [-0.39, 0.29) is 5.91 Å². The Balaban J connectivity index is 2.04. The van der Waals surface area contributed by atoms with Gasteiger partial charge in [-0.1, -0.05) is 0 Å². The summed E-state index contributed by atoms with van der Waals surface area (Å²) < 4.78 is 1.14. The SMILES string of the molecule is CCNC(=O)c1ccc(NCc2ccc(Br)s2)c(C)c1. The van der Waals surface area contributed by atoms with Crippen molar-refractivity contribution < 1.29 is 4.79 Å². The maximum Gasteiger partial charge on any atom is 0.251 e. The molecule has 5 heteroatoms. The molecule has 0 unspecified atom stereocenters. The van der Waals surface area contributed by atoms with Crippen LogP contribution in [0.25, 0.3) is 0 Å². The van der Waals surface area contributed by atoms with Gasteiger partial charge in [0, 0.05) is 29.2 Å². The molecule has 2 aromatic rings. The summed E-state index contributed by atoms with van der Waals surface area (Å²) >= 11 is 5.18. The lowest BCUT2D eigenvalue weighted by Gasteiger charge is -2.10. The highest BCUT2D eigenvalue weighted by Gasteiger charge is 2.07. The van der Waals surface area contributed by atoms with Gasteiger partial charge in [-0.05, 0) is 65.7 Å². The summed E-state index contributed by atoms with van der Waals surface area (Å²) in [5.74, 6) is -0.0238. The average molecular weight is 353 g/mol. The van der Waals surface area contributed by atoms with Crippen LogP contribution in [0.15, 0.2) is 34.1 Å². The minimum absolute atomic E-state index is 0.0238. The first kappa shape index (κ1) is 15.1. The van der Waals surface area contributed by atoms with Gasteiger partial charge in [0.05, 0.1) is 3.79 Å². The number of anilines is 1. The third kappa shape index (κ3) is 3.84. The molecule has 0 bridgehead atoms. The lowest BCUT2D eigenvalue weighted by Crippen LogP contribution is -2.22. The predicted octanol–water partition coefficient (Wildman–Crippen LogP) is 4.18. The molecule has 1 aromatic heterocycles. The minimum Gasteiger partial charge on any atom is -0.380 e. The Morgan fingerprint density at radius 3 is 2.70 bits per heavy atom. The molecule has 106 valence electrons. The van der Waals surface area contributed by atoms with E-state index in [1.54, 1.807) is 11.3 Å². The summed E-state index contributed by atoms with van der Waals surface area (Å²) in [6, 6.07) is 9.87. The second-order valence-electron chi connectivity index (χ2n) is 4.45. The Morgan fingerprint density at radius 1 is 1.30 bits per heavy atom. The summed E-state index contributed by atoms with van der Waals surface area (Å²) in [4.78, 5) is 13.0. The summed E-state index contributed by atoms with van der Waals surface area (Å²) in [7, 11) is 0. The average Bonchev–Trinajstić information content (AvgIpc) is 2.83. The highest BCUT2D eigenvalue weighted by atomic mass is 79.9. The van der Waals surface area contributed by atoms with Gasteiger partial charge in [-0.2, -0.15) is 0 Å². The molecular weight excluding hydrogens is 336 g/mol. The molecule has 3 nitrogen and oxygen atoms in total. The topological polar surface area (TPSA) is 41.1 Å². The van der Waals surface area contributed by atoms with Crippen molar-refractivity contribution in [3.63, 3.8) is 0 Å². The molecule has 0 saturated heterocycles. The lowest BCUT2D eigenvalue weighted by atomic mass is 10.1. The highest BCUT2D eigenvalue weighted by molar-refractivity contribution is 9.11. The van der Waals surface area contributed by atoms with Crippen molar-refractivity contribution in [3.05, 3.63) is 50.1 Å². The molecule has 2 rings (SSSR count). The van der Waals surface area contributed by atoms with Crippen molar-refractivity contribution in [2.75, 3.05) is 11.9 Å². The number of carbonyl (C=O) groups excluding carboxylic acids is 1. The van der Waals surface area contributed by atoms with Crippen LogP contribution in [0.2, 0.25) is 0 Å². The van der Waals surface area contributed by atoms with Gasteiger partial charge in [-0.15, -0.1) is 11.3 Å². The van der Waals surface area contributed by atoms with E-state index < -0.39 is 0 Å². The van der Waals surface area contributed by atoms with Crippen molar-refractivity contribution in [2.45, 2.75) is 20.4 Å². The second-order valence-corrected chi connectivity index (χ2v) is 7.00. The van der Waals surface area contributed by atoms with Crippen LogP contribution >= 0.6 is 27.3 Å². The fourth-order valence-corrected chi connectivity index (χ4v) is 3.32. The molecule has 0 fully saturated rings. The van der Waals surface area contributed by atoms with Crippen LogP contribution in [0.4, 0.5) is 5.69 Å². The summed E-state index contributed by atoms with van der Waals surface area (Å²) in [6.45, 7) is 5.36. The number of halogens is 1. The van der Waals surface area contributed by atoms with E-state index in [4.69, 9.17) is 0 Å². The Kier molecular flexibility index (Phi) is 5.20. The van der Waals surface area contributed by atoms with Crippen LogP contribution in [-0.4, -0.2) is 12.5 Å². The van der Waals surface area contributed by atoms with Gasteiger partial charge in [0.1, 0.15) is 0 Å². The molecule has 0 atom stereocenters. The molecule has 0 radical (unpaired) electrons. The quantitative estimate of drug-likeness (QED) is 0.847. The smallest absolute Gasteiger partial charge is 0.251 e. The zero-order valence-corrected chi connectivity index (χ0v) is 13.9. The molecule has 1 aromatic carbocycles. The molecule has 1 heterocycles. The first-order valence-electron chi connectivity index (χ1n) is 6.47. The molecule has 0 aliphatic rings. The van der Waals surface area contributed by atoms with Crippen LogP contribution in [0, 0.1) is 6.92 Å². The van der Waals surface area contributed by atoms with E-state index in [9.17, 15) is 4.79 Å². The molecule has 0 saturated carbocycles. The maximum absolute atomic E-state index is 11.8. The van der Waals surface area contributed by atoms with E-state index in [2.05, 4.69) is 32.6 Å².